The molecule has 9 aromatic rings. The van der Waals surface area contributed by atoms with Gasteiger partial charge in [-0.15, -0.1) is 0 Å². The Kier molecular flexibility index (Phi) is 8.77. The molecule has 0 unspecified atom stereocenters. The zero-order valence-electron chi connectivity index (χ0n) is 31.9. The van der Waals surface area contributed by atoms with Gasteiger partial charge in [0.1, 0.15) is 0 Å². The van der Waals surface area contributed by atoms with Gasteiger partial charge in [-0.3, -0.25) is 0 Å². The quantitative estimate of drug-likeness (QED) is 0.171. The van der Waals surface area contributed by atoms with Crippen LogP contribution in [0.4, 0.5) is 0 Å². The molecule has 0 aliphatic carbocycles. The van der Waals surface area contributed by atoms with Gasteiger partial charge in [-0.2, -0.15) is 10.5 Å². The van der Waals surface area contributed by atoms with E-state index in [0.717, 1.165) is 77.8 Å². The van der Waals surface area contributed by atoms with Crippen molar-refractivity contribution in [3.63, 3.8) is 0 Å². The normalized spacial score (nSPS) is 11.4. The first-order valence-corrected chi connectivity index (χ1v) is 19.0. The number of benzene rings is 7. The van der Waals surface area contributed by atoms with E-state index >= 15 is 0 Å². The molecule has 0 N–H and O–H groups in total. The van der Waals surface area contributed by atoms with Crippen LogP contribution < -0.4 is 0 Å². The molecule has 57 heavy (non-hydrogen) atoms. The summed E-state index contributed by atoms with van der Waals surface area (Å²) in [7, 11) is 0. The molecule has 0 saturated heterocycles. The van der Waals surface area contributed by atoms with E-state index in [4.69, 9.17) is 9.97 Å². The number of hydrogen-bond donors (Lipinski definition) is 0. The fourth-order valence-corrected chi connectivity index (χ4v) is 7.73. The zero-order valence-corrected chi connectivity index (χ0v) is 31.9. The van der Waals surface area contributed by atoms with Crippen LogP contribution in [0, 0.1) is 22.7 Å². The van der Waals surface area contributed by atoms with E-state index in [9.17, 15) is 10.5 Å². The molecular weight excluding hydrogens is 695 g/mol. The van der Waals surface area contributed by atoms with Crippen molar-refractivity contribution in [2.75, 3.05) is 0 Å². The van der Waals surface area contributed by atoms with Gasteiger partial charge in [-0.1, -0.05) is 130 Å². The van der Waals surface area contributed by atoms with E-state index in [1.165, 1.54) is 5.56 Å². The van der Waals surface area contributed by atoms with Gasteiger partial charge in [-0.25, -0.2) is 9.97 Å². The average molecular weight is 732 g/mol. The van der Waals surface area contributed by atoms with Gasteiger partial charge in [0.15, 0.2) is 5.82 Å². The van der Waals surface area contributed by atoms with Gasteiger partial charge in [0.25, 0.3) is 0 Å². The first-order valence-electron chi connectivity index (χ1n) is 19.0. The van der Waals surface area contributed by atoms with E-state index in [-0.39, 0.29) is 5.41 Å². The molecule has 5 nitrogen and oxygen atoms in total. The highest BCUT2D eigenvalue weighted by Gasteiger charge is 2.24. The van der Waals surface area contributed by atoms with E-state index in [2.05, 4.69) is 128 Å². The maximum Gasteiger partial charge on any atom is 0.160 e. The lowest BCUT2D eigenvalue weighted by atomic mass is 9.86. The van der Waals surface area contributed by atoms with Gasteiger partial charge >= 0.3 is 0 Å². The number of fused-ring (bicyclic) bond motifs is 3. The standard InChI is InChI=1S/C52H37N5/c1-52(2,3)41-24-25-49-45(30-41)42-22-10-11-23-48(42)57(49)50-43(38-20-12-14-34(26-38)32-53)28-40(29-44(50)39-21-13-15-35(27-39)33-54)51-55-46(36-16-6-4-7-17-36)31-47(56-51)37-18-8-5-9-19-37/h4-31H,1-3H3. The first-order chi connectivity index (χ1) is 27.8. The van der Waals surface area contributed by atoms with Crippen LogP contribution in [-0.4, -0.2) is 14.5 Å². The van der Waals surface area contributed by atoms with Crippen LogP contribution in [-0.2, 0) is 5.41 Å². The Hall–Kier alpha value is -7.60. The molecule has 0 amide bonds. The summed E-state index contributed by atoms with van der Waals surface area (Å²) in [6, 6.07) is 62.3. The number of nitrogens with zero attached hydrogens (tertiary/aromatic N) is 5. The van der Waals surface area contributed by atoms with Crippen LogP contribution in [0.5, 0.6) is 0 Å². The van der Waals surface area contributed by atoms with Crippen molar-refractivity contribution in [2.24, 2.45) is 0 Å². The summed E-state index contributed by atoms with van der Waals surface area (Å²) < 4.78 is 2.35. The minimum atomic E-state index is -0.0439. The molecule has 2 aromatic heterocycles. The molecule has 2 heterocycles. The molecule has 0 spiro atoms. The second kappa shape index (κ2) is 14.2. The number of nitriles is 2. The van der Waals surface area contributed by atoms with E-state index in [0.29, 0.717) is 17.0 Å². The largest absolute Gasteiger partial charge is 0.308 e. The molecule has 0 fully saturated rings. The van der Waals surface area contributed by atoms with Crippen LogP contribution in [0.1, 0.15) is 37.5 Å². The van der Waals surface area contributed by atoms with Crippen molar-refractivity contribution < 1.29 is 0 Å². The predicted molar refractivity (Wildman–Crippen MR) is 232 cm³/mol. The summed E-state index contributed by atoms with van der Waals surface area (Å²) in [6.07, 6.45) is 0. The lowest BCUT2D eigenvalue weighted by molar-refractivity contribution is 0.591. The highest BCUT2D eigenvalue weighted by Crippen LogP contribution is 2.45. The molecule has 0 aliphatic rings. The van der Waals surface area contributed by atoms with Crippen molar-refractivity contribution in [1.82, 2.24) is 14.5 Å². The molecule has 9 rings (SSSR count). The molecule has 0 aliphatic heterocycles. The Morgan fingerprint density at radius 2 is 0.965 bits per heavy atom. The minimum absolute atomic E-state index is 0.0439. The van der Waals surface area contributed by atoms with Crippen LogP contribution >= 0.6 is 0 Å². The second-order valence-electron chi connectivity index (χ2n) is 15.3. The first kappa shape index (κ1) is 35.1. The summed E-state index contributed by atoms with van der Waals surface area (Å²) >= 11 is 0. The fraction of sp³-hybridized carbons (Fsp3) is 0.0769. The monoisotopic (exact) mass is 731 g/mol. The highest BCUT2D eigenvalue weighted by molar-refractivity contribution is 6.11. The van der Waals surface area contributed by atoms with Crippen molar-refractivity contribution in [3.8, 4) is 74.0 Å². The molecule has 0 atom stereocenters. The van der Waals surface area contributed by atoms with Crippen LogP contribution in [0.3, 0.4) is 0 Å². The lowest BCUT2D eigenvalue weighted by Gasteiger charge is -2.22. The third-order valence-corrected chi connectivity index (χ3v) is 10.6. The molecule has 7 aromatic carbocycles. The van der Waals surface area contributed by atoms with Crippen molar-refractivity contribution in [1.29, 1.82) is 10.5 Å². The maximum atomic E-state index is 10.1. The second-order valence-corrected chi connectivity index (χ2v) is 15.3. The zero-order chi connectivity index (χ0) is 39.1. The van der Waals surface area contributed by atoms with E-state index < -0.39 is 0 Å². The molecule has 0 saturated carbocycles. The van der Waals surface area contributed by atoms with Crippen LogP contribution in [0.25, 0.3) is 83.6 Å². The van der Waals surface area contributed by atoms with Gasteiger partial charge in [-0.05, 0) is 82.8 Å². The smallest absolute Gasteiger partial charge is 0.160 e. The fourth-order valence-electron chi connectivity index (χ4n) is 7.73. The van der Waals surface area contributed by atoms with Crippen LogP contribution in [0.15, 0.2) is 170 Å². The molecular formula is C52H37N5. The maximum absolute atomic E-state index is 10.1. The Bertz CT molecular complexity index is 2930. The summed E-state index contributed by atoms with van der Waals surface area (Å²) in [5.74, 6) is 0.564. The van der Waals surface area contributed by atoms with Crippen molar-refractivity contribution in [2.45, 2.75) is 26.2 Å². The van der Waals surface area contributed by atoms with Crippen molar-refractivity contribution in [3.05, 3.63) is 187 Å². The van der Waals surface area contributed by atoms with E-state index in [1.54, 1.807) is 0 Å². The van der Waals surface area contributed by atoms with Crippen molar-refractivity contribution >= 4 is 21.8 Å². The predicted octanol–water partition coefficient (Wildman–Crippen LogP) is 12.9. The van der Waals surface area contributed by atoms with Crippen LogP contribution in [0.2, 0.25) is 0 Å². The molecule has 5 heteroatoms. The average Bonchev–Trinajstić information content (AvgIpc) is 3.59. The Balaban J connectivity index is 1.43. The van der Waals surface area contributed by atoms with E-state index in [1.807, 2.05) is 78.9 Å². The van der Waals surface area contributed by atoms with Gasteiger partial charge in [0.2, 0.25) is 0 Å². The summed E-state index contributed by atoms with van der Waals surface area (Å²) in [5.41, 5.74) is 13.3. The lowest BCUT2D eigenvalue weighted by Crippen LogP contribution is -2.10. The topological polar surface area (TPSA) is 78.3 Å². The highest BCUT2D eigenvalue weighted by atomic mass is 15.0. The summed E-state index contributed by atoms with van der Waals surface area (Å²) in [5, 5.41) is 22.6. The number of para-hydroxylation sites is 1. The van der Waals surface area contributed by atoms with Gasteiger partial charge < -0.3 is 4.57 Å². The Morgan fingerprint density at radius 1 is 0.456 bits per heavy atom. The minimum Gasteiger partial charge on any atom is -0.308 e. The Labute approximate surface area is 332 Å². The number of aromatic nitrogens is 3. The molecule has 0 radical (unpaired) electrons. The SMILES string of the molecule is CC(C)(C)c1ccc2c(c1)c1ccccc1n2-c1c(-c2cccc(C#N)c2)cc(-c2nc(-c3ccccc3)cc(-c3ccccc3)n2)cc1-c1cccc(C#N)c1. The molecule has 0 bridgehead atoms. The van der Waals surface area contributed by atoms with Gasteiger partial charge in [0.05, 0.1) is 51.4 Å². The van der Waals surface area contributed by atoms with Gasteiger partial charge in [0, 0.05) is 38.6 Å². The third-order valence-electron chi connectivity index (χ3n) is 10.6. The summed E-state index contributed by atoms with van der Waals surface area (Å²) in [4.78, 5) is 10.5. The number of hydrogen-bond acceptors (Lipinski definition) is 4. The Morgan fingerprint density at radius 3 is 1.51 bits per heavy atom. The summed E-state index contributed by atoms with van der Waals surface area (Å²) in [6.45, 7) is 6.72. The number of rotatable bonds is 6. The molecule has 270 valence electrons. The third kappa shape index (κ3) is 6.52.